The van der Waals surface area contributed by atoms with E-state index in [1.807, 2.05) is 4.90 Å². The summed E-state index contributed by atoms with van der Waals surface area (Å²) in [5.41, 5.74) is -0.00161. The summed E-state index contributed by atoms with van der Waals surface area (Å²) < 4.78 is 31.3. The van der Waals surface area contributed by atoms with Crippen LogP contribution in [0.15, 0.2) is 18.2 Å². The van der Waals surface area contributed by atoms with Crippen molar-refractivity contribution < 1.29 is 23.1 Å². The lowest BCUT2D eigenvalue weighted by Gasteiger charge is -2.34. The smallest absolute Gasteiger partial charge is 0.254 e. The van der Waals surface area contributed by atoms with Crippen molar-refractivity contribution in [3.05, 3.63) is 35.4 Å². The van der Waals surface area contributed by atoms with Gasteiger partial charge in [0.2, 0.25) is 5.91 Å². The van der Waals surface area contributed by atoms with Gasteiger partial charge in [-0.15, -0.1) is 0 Å². The van der Waals surface area contributed by atoms with E-state index in [0.717, 1.165) is 18.2 Å². The van der Waals surface area contributed by atoms with Crippen molar-refractivity contribution in [3.8, 4) is 0 Å². The van der Waals surface area contributed by atoms with Crippen LogP contribution in [0.1, 0.15) is 10.4 Å². The van der Waals surface area contributed by atoms with E-state index >= 15 is 0 Å². The van der Waals surface area contributed by atoms with Crippen LogP contribution in [-0.4, -0.2) is 74.6 Å². The van der Waals surface area contributed by atoms with Crippen LogP contribution in [0.25, 0.3) is 0 Å². The second kappa shape index (κ2) is 8.70. The number of nitrogens with one attached hydrogen (secondary N) is 1. The Labute approximate surface area is 139 Å². The van der Waals surface area contributed by atoms with Gasteiger partial charge in [0, 0.05) is 51.5 Å². The maximum atomic E-state index is 13.2. The quantitative estimate of drug-likeness (QED) is 0.765. The molecule has 0 bridgehead atoms. The second-order valence-corrected chi connectivity index (χ2v) is 5.57. The first-order chi connectivity index (χ1) is 11.5. The fourth-order valence-corrected chi connectivity index (χ4v) is 2.52. The first kappa shape index (κ1) is 18.3. The van der Waals surface area contributed by atoms with Crippen molar-refractivity contribution in [2.45, 2.75) is 0 Å². The maximum Gasteiger partial charge on any atom is 0.254 e. The zero-order valence-corrected chi connectivity index (χ0v) is 13.6. The molecule has 24 heavy (non-hydrogen) atoms. The number of ether oxygens (including phenoxy) is 1. The Balaban J connectivity index is 1.81. The summed E-state index contributed by atoms with van der Waals surface area (Å²) in [6.07, 6.45) is 0. The van der Waals surface area contributed by atoms with Gasteiger partial charge in [-0.1, -0.05) is 0 Å². The second-order valence-electron chi connectivity index (χ2n) is 5.57. The van der Waals surface area contributed by atoms with Gasteiger partial charge in [-0.25, -0.2) is 8.78 Å². The third-order valence-corrected chi connectivity index (χ3v) is 3.76. The van der Waals surface area contributed by atoms with E-state index in [4.69, 9.17) is 4.74 Å². The molecule has 0 aromatic heterocycles. The zero-order chi connectivity index (χ0) is 17.5. The SMILES string of the molecule is COCCNC(=O)CN1CCN(C(=O)c2cc(F)cc(F)c2)CC1. The van der Waals surface area contributed by atoms with Crippen LogP contribution < -0.4 is 5.32 Å². The van der Waals surface area contributed by atoms with E-state index in [1.165, 1.54) is 4.90 Å². The topological polar surface area (TPSA) is 61.9 Å². The minimum absolute atomic E-state index is 0.00161. The molecule has 0 unspecified atom stereocenters. The molecule has 132 valence electrons. The number of carbonyl (C=O) groups excluding carboxylic acids is 2. The normalized spacial score (nSPS) is 15.4. The largest absolute Gasteiger partial charge is 0.383 e. The summed E-state index contributed by atoms with van der Waals surface area (Å²) in [4.78, 5) is 27.5. The van der Waals surface area contributed by atoms with Gasteiger partial charge in [-0.2, -0.15) is 0 Å². The third-order valence-electron chi connectivity index (χ3n) is 3.76. The van der Waals surface area contributed by atoms with Gasteiger partial charge in [0.15, 0.2) is 0 Å². The van der Waals surface area contributed by atoms with Gasteiger partial charge in [-0.05, 0) is 12.1 Å². The van der Waals surface area contributed by atoms with Gasteiger partial charge in [-0.3, -0.25) is 14.5 Å². The van der Waals surface area contributed by atoms with Crippen LogP contribution in [-0.2, 0) is 9.53 Å². The Morgan fingerprint density at radius 3 is 2.33 bits per heavy atom. The highest BCUT2D eigenvalue weighted by molar-refractivity contribution is 5.94. The molecule has 2 amide bonds. The molecule has 0 atom stereocenters. The van der Waals surface area contributed by atoms with Crippen LogP contribution in [0.5, 0.6) is 0 Å². The lowest BCUT2D eigenvalue weighted by atomic mass is 10.1. The Hall–Kier alpha value is -2.06. The summed E-state index contributed by atoms with van der Waals surface area (Å²) in [7, 11) is 1.56. The van der Waals surface area contributed by atoms with Crippen molar-refractivity contribution >= 4 is 11.8 Å². The summed E-state index contributed by atoms with van der Waals surface area (Å²) in [6.45, 7) is 3.03. The van der Waals surface area contributed by atoms with Crippen LogP contribution in [0.4, 0.5) is 8.78 Å². The monoisotopic (exact) mass is 341 g/mol. The first-order valence-electron chi connectivity index (χ1n) is 7.73. The number of benzene rings is 1. The van der Waals surface area contributed by atoms with Gasteiger partial charge in [0.25, 0.3) is 5.91 Å². The Kier molecular flexibility index (Phi) is 6.62. The minimum atomic E-state index is -0.773. The molecule has 0 aliphatic carbocycles. The molecule has 1 aromatic rings. The maximum absolute atomic E-state index is 13.2. The molecular weight excluding hydrogens is 320 g/mol. The number of nitrogens with zero attached hydrogens (tertiary/aromatic N) is 2. The molecule has 1 fully saturated rings. The number of hydrogen-bond donors (Lipinski definition) is 1. The van der Waals surface area contributed by atoms with Gasteiger partial charge >= 0.3 is 0 Å². The van der Waals surface area contributed by atoms with Crippen LogP contribution in [0.2, 0.25) is 0 Å². The average molecular weight is 341 g/mol. The van der Waals surface area contributed by atoms with E-state index in [0.29, 0.717) is 39.3 Å². The molecule has 1 saturated heterocycles. The Bertz CT molecular complexity index is 570. The molecule has 0 saturated carbocycles. The van der Waals surface area contributed by atoms with Crippen molar-refractivity contribution in [2.75, 3.05) is 53.0 Å². The number of amides is 2. The van der Waals surface area contributed by atoms with E-state index in [9.17, 15) is 18.4 Å². The average Bonchev–Trinajstić information content (AvgIpc) is 2.54. The lowest BCUT2D eigenvalue weighted by molar-refractivity contribution is -0.122. The Morgan fingerprint density at radius 1 is 1.12 bits per heavy atom. The van der Waals surface area contributed by atoms with E-state index < -0.39 is 17.5 Å². The number of piperazine rings is 1. The molecule has 1 N–H and O–H groups in total. The van der Waals surface area contributed by atoms with E-state index in [2.05, 4.69) is 5.32 Å². The molecule has 1 aliphatic rings. The van der Waals surface area contributed by atoms with E-state index in [1.54, 1.807) is 7.11 Å². The fourth-order valence-electron chi connectivity index (χ4n) is 2.52. The minimum Gasteiger partial charge on any atom is -0.383 e. The molecule has 6 nitrogen and oxygen atoms in total. The molecular formula is C16H21F2N3O3. The molecule has 8 heteroatoms. The van der Waals surface area contributed by atoms with Crippen molar-refractivity contribution in [3.63, 3.8) is 0 Å². The highest BCUT2D eigenvalue weighted by atomic mass is 19.1. The Morgan fingerprint density at radius 2 is 1.75 bits per heavy atom. The predicted octanol–water partition coefficient (Wildman–Crippen LogP) is 0.485. The van der Waals surface area contributed by atoms with Crippen molar-refractivity contribution in [2.24, 2.45) is 0 Å². The molecule has 2 rings (SSSR count). The molecule has 0 spiro atoms. The van der Waals surface area contributed by atoms with Crippen LogP contribution >= 0.6 is 0 Å². The van der Waals surface area contributed by atoms with E-state index in [-0.39, 0.29) is 18.0 Å². The molecule has 1 aromatic carbocycles. The fraction of sp³-hybridized carbons (Fsp3) is 0.500. The highest BCUT2D eigenvalue weighted by Crippen LogP contribution is 2.12. The first-order valence-corrected chi connectivity index (χ1v) is 7.73. The summed E-state index contributed by atoms with van der Waals surface area (Å²) >= 11 is 0. The lowest BCUT2D eigenvalue weighted by Crippen LogP contribution is -2.51. The van der Waals surface area contributed by atoms with Crippen LogP contribution in [0, 0.1) is 11.6 Å². The number of rotatable bonds is 6. The number of carbonyl (C=O) groups is 2. The number of halogens is 2. The van der Waals surface area contributed by atoms with Gasteiger partial charge in [0.1, 0.15) is 11.6 Å². The van der Waals surface area contributed by atoms with Crippen LogP contribution in [0.3, 0.4) is 0 Å². The molecule has 1 heterocycles. The summed E-state index contributed by atoms with van der Waals surface area (Å²) in [5, 5.41) is 2.73. The standard InChI is InChI=1S/C16H21F2N3O3/c1-24-7-2-19-15(22)11-20-3-5-21(6-4-20)16(23)12-8-13(17)10-14(18)9-12/h8-10H,2-7,11H2,1H3,(H,19,22). The predicted molar refractivity (Wildman–Crippen MR) is 83.6 cm³/mol. The van der Waals surface area contributed by atoms with Crippen molar-refractivity contribution in [1.29, 1.82) is 0 Å². The number of methoxy groups -OCH3 is 1. The summed E-state index contributed by atoms with van der Waals surface area (Å²) in [6, 6.07) is 2.79. The van der Waals surface area contributed by atoms with Crippen molar-refractivity contribution in [1.82, 2.24) is 15.1 Å². The third kappa shape index (κ3) is 5.24. The highest BCUT2D eigenvalue weighted by Gasteiger charge is 2.23. The van der Waals surface area contributed by atoms with Gasteiger partial charge in [0.05, 0.1) is 13.2 Å². The molecule has 0 radical (unpaired) electrons. The van der Waals surface area contributed by atoms with Gasteiger partial charge < -0.3 is 15.0 Å². The summed E-state index contributed by atoms with van der Waals surface area (Å²) in [5.74, 6) is -2.05. The zero-order valence-electron chi connectivity index (χ0n) is 13.6. The number of hydrogen-bond acceptors (Lipinski definition) is 4. The molecule has 1 aliphatic heterocycles.